The van der Waals surface area contributed by atoms with Crippen molar-refractivity contribution in [1.29, 1.82) is 5.41 Å². The van der Waals surface area contributed by atoms with Crippen LogP contribution in [0.15, 0.2) is 0 Å². The number of nitrogens with one attached hydrogen (secondary N) is 1. The van der Waals surface area contributed by atoms with Gasteiger partial charge in [-0.25, -0.2) is 13.2 Å². The maximum Gasteiger partial charge on any atom is 0.206 e. The number of ether oxygens (including phenoxy) is 1. The predicted octanol–water partition coefficient (Wildman–Crippen LogP) is 3.50. The standard InChI is InChI=1S/C13H15F5N2O/c1-13(2,12(19)20)4-3-5-21-11-9(17)7(15)6(14)8(16)10(11)18/h3-5H2,1-2H3,(H3,19,20). The molecule has 3 nitrogen and oxygen atoms in total. The number of nitrogens with two attached hydrogens (primary N) is 1. The SMILES string of the molecule is CC(C)(CCCOc1c(F)c(F)c(F)c(F)c1F)C(=N)N. The van der Waals surface area contributed by atoms with E-state index in [1.807, 2.05) is 0 Å². The minimum absolute atomic E-state index is 0.0706. The molecule has 1 aromatic carbocycles. The average molecular weight is 310 g/mol. The van der Waals surface area contributed by atoms with Crippen molar-refractivity contribution >= 4 is 5.84 Å². The lowest BCUT2D eigenvalue weighted by Crippen LogP contribution is -2.31. The summed E-state index contributed by atoms with van der Waals surface area (Å²) in [4.78, 5) is 0. The van der Waals surface area contributed by atoms with Crippen LogP contribution in [0.4, 0.5) is 22.0 Å². The van der Waals surface area contributed by atoms with Crippen LogP contribution in [0.5, 0.6) is 5.75 Å². The smallest absolute Gasteiger partial charge is 0.206 e. The summed E-state index contributed by atoms with van der Waals surface area (Å²) in [6.07, 6.45) is 0.587. The lowest BCUT2D eigenvalue weighted by Gasteiger charge is -2.22. The van der Waals surface area contributed by atoms with Crippen molar-refractivity contribution in [1.82, 2.24) is 0 Å². The minimum atomic E-state index is -2.23. The molecular formula is C13H15F5N2O. The lowest BCUT2D eigenvalue weighted by atomic mass is 9.87. The third kappa shape index (κ3) is 3.62. The molecular weight excluding hydrogens is 295 g/mol. The van der Waals surface area contributed by atoms with Crippen molar-refractivity contribution < 1.29 is 26.7 Å². The van der Waals surface area contributed by atoms with E-state index < -0.39 is 40.3 Å². The molecule has 0 fully saturated rings. The molecule has 0 amide bonds. The summed E-state index contributed by atoms with van der Waals surface area (Å²) in [6, 6.07) is 0. The number of rotatable bonds is 6. The van der Waals surface area contributed by atoms with E-state index in [0.29, 0.717) is 6.42 Å². The zero-order chi connectivity index (χ0) is 16.4. The van der Waals surface area contributed by atoms with Gasteiger partial charge in [-0.3, -0.25) is 5.41 Å². The first-order valence-electron chi connectivity index (χ1n) is 6.08. The van der Waals surface area contributed by atoms with Gasteiger partial charge in [0, 0.05) is 5.41 Å². The quantitative estimate of drug-likeness (QED) is 0.211. The van der Waals surface area contributed by atoms with Gasteiger partial charge < -0.3 is 10.5 Å². The Morgan fingerprint density at radius 2 is 1.43 bits per heavy atom. The van der Waals surface area contributed by atoms with E-state index in [1.165, 1.54) is 0 Å². The highest BCUT2D eigenvalue weighted by Crippen LogP contribution is 2.29. The second-order valence-corrected chi connectivity index (χ2v) is 5.15. The van der Waals surface area contributed by atoms with Gasteiger partial charge in [-0.15, -0.1) is 0 Å². The summed E-state index contributed by atoms with van der Waals surface area (Å²) in [5.41, 5.74) is 4.71. The Morgan fingerprint density at radius 1 is 1.00 bits per heavy atom. The van der Waals surface area contributed by atoms with E-state index in [2.05, 4.69) is 4.74 Å². The maximum absolute atomic E-state index is 13.3. The summed E-state index contributed by atoms with van der Waals surface area (Å²) in [7, 11) is 0. The fraction of sp³-hybridized carbons (Fsp3) is 0.462. The van der Waals surface area contributed by atoms with Gasteiger partial charge in [0.2, 0.25) is 29.1 Å². The third-order valence-corrected chi connectivity index (χ3v) is 3.09. The molecule has 0 heterocycles. The van der Waals surface area contributed by atoms with Gasteiger partial charge in [-0.2, -0.15) is 8.78 Å². The number of amidine groups is 1. The molecule has 8 heteroatoms. The largest absolute Gasteiger partial charge is 0.487 e. The number of hydrogen-bond donors (Lipinski definition) is 2. The van der Waals surface area contributed by atoms with Crippen molar-refractivity contribution in [3.05, 3.63) is 29.1 Å². The molecule has 1 aromatic rings. The highest BCUT2D eigenvalue weighted by molar-refractivity contribution is 5.82. The second-order valence-electron chi connectivity index (χ2n) is 5.15. The van der Waals surface area contributed by atoms with Crippen LogP contribution < -0.4 is 10.5 Å². The Labute approximate surface area is 118 Å². The molecule has 0 atom stereocenters. The van der Waals surface area contributed by atoms with Gasteiger partial charge in [0.15, 0.2) is 5.75 Å². The van der Waals surface area contributed by atoms with Crippen LogP contribution in [-0.4, -0.2) is 12.4 Å². The number of halogens is 5. The summed E-state index contributed by atoms with van der Waals surface area (Å²) >= 11 is 0. The summed E-state index contributed by atoms with van der Waals surface area (Å²) in [5, 5.41) is 7.32. The minimum Gasteiger partial charge on any atom is -0.487 e. The predicted molar refractivity (Wildman–Crippen MR) is 66.7 cm³/mol. The molecule has 0 radical (unpaired) electrons. The van der Waals surface area contributed by atoms with Gasteiger partial charge in [-0.1, -0.05) is 13.8 Å². The monoisotopic (exact) mass is 310 g/mol. The van der Waals surface area contributed by atoms with Crippen molar-refractivity contribution in [2.75, 3.05) is 6.61 Å². The zero-order valence-corrected chi connectivity index (χ0v) is 11.5. The molecule has 0 aliphatic rings. The first-order valence-corrected chi connectivity index (χ1v) is 6.08. The Balaban J connectivity index is 2.76. The summed E-state index contributed by atoms with van der Waals surface area (Å²) in [5.74, 6) is -11.7. The average Bonchev–Trinajstić information content (AvgIpc) is 2.42. The van der Waals surface area contributed by atoms with Crippen LogP contribution in [0.1, 0.15) is 26.7 Å². The van der Waals surface area contributed by atoms with E-state index in [0.717, 1.165) is 0 Å². The fourth-order valence-electron chi connectivity index (χ4n) is 1.53. The van der Waals surface area contributed by atoms with E-state index in [4.69, 9.17) is 11.1 Å². The molecule has 118 valence electrons. The second kappa shape index (κ2) is 6.28. The van der Waals surface area contributed by atoms with Crippen molar-refractivity contribution in [2.45, 2.75) is 26.7 Å². The maximum atomic E-state index is 13.3. The molecule has 0 aliphatic carbocycles. The normalized spacial score (nSPS) is 11.6. The van der Waals surface area contributed by atoms with Crippen LogP contribution in [-0.2, 0) is 0 Å². The molecule has 21 heavy (non-hydrogen) atoms. The van der Waals surface area contributed by atoms with Gasteiger partial charge >= 0.3 is 0 Å². The van der Waals surface area contributed by atoms with Crippen LogP contribution in [0.3, 0.4) is 0 Å². The molecule has 0 saturated heterocycles. The van der Waals surface area contributed by atoms with Crippen LogP contribution in [0.25, 0.3) is 0 Å². The van der Waals surface area contributed by atoms with Crippen LogP contribution >= 0.6 is 0 Å². The Morgan fingerprint density at radius 3 is 1.86 bits per heavy atom. The summed E-state index contributed by atoms with van der Waals surface area (Å²) < 4.78 is 69.9. The molecule has 0 aromatic heterocycles. The first-order chi connectivity index (χ1) is 9.59. The molecule has 0 aliphatic heterocycles. The van der Waals surface area contributed by atoms with Crippen LogP contribution in [0, 0.1) is 39.9 Å². The molecule has 0 unspecified atom stereocenters. The van der Waals surface area contributed by atoms with Gasteiger partial charge in [0.05, 0.1) is 12.4 Å². The highest BCUT2D eigenvalue weighted by Gasteiger charge is 2.27. The fourth-order valence-corrected chi connectivity index (χ4v) is 1.53. The first kappa shape index (κ1) is 17.2. The molecule has 0 spiro atoms. The Bertz CT molecular complexity index is 531. The van der Waals surface area contributed by atoms with E-state index in [1.54, 1.807) is 13.8 Å². The topological polar surface area (TPSA) is 59.1 Å². The molecule has 0 bridgehead atoms. The Hall–Kier alpha value is -1.86. The van der Waals surface area contributed by atoms with Crippen molar-refractivity contribution in [3.8, 4) is 5.75 Å². The van der Waals surface area contributed by atoms with Crippen molar-refractivity contribution in [3.63, 3.8) is 0 Å². The van der Waals surface area contributed by atoms with Gasteiger partial charge in [-0.05, 0) is 12.8 Å². The van der Waals surface area contributed by atoms with E-state index >= 15 is 0 Å². The van der Waals surface area contributed by atoms with Gasteiger partial charge in [0.25, 0.3) is 0 Å². The number of hydrogen-bond acceptors (Lipinski definition) is 2. The molecule has 1 rings (SSSR count). The number of benzene rings is 1. The third-order valence-electron chi connectivity index (χ3n) is 3.09. The van der Waals surface area contributed by atoms with E-state index in [9.17, 15) is 22.0 Å². The Kier molecular flexibility index (Phi) is 5.14. The zero-order valence-electron chi connectivity index (χ0n) is 11.5. The van der Waals surface area contributed by atoms with Crippen LogP contribution in [0.2, 0.25) is 0 Å². The van der Waals surface area contributed by atoms with Crippen molar-refractivity contribution in [2.24, 2.45) is 11.1 Å². The van der Waals surface area contributed by atoms with Gasteiger partial charge in [0.1, 0.15) is 0 Å². The highest BCUT2D eigenvalue weighted by atomic mass is 19.2. The van der Waals surface area contributed by atoms with E-state index in [-0.39, 0.29) is 18.9 Å². The lowest BCUT2D eigenvalue weighted by molar-refractivity contribution is 0.246. The molecule has 0 saturated carbocycles. The molecule has 3 N–H and O–H groups in total. The summed E-state index contributed by atoms with van der Waals surface area (Å²) in [6.45, 7) is 3.11.